The summed E-state index contributed by atoms with van der Waals surface area (Å²) in [5, 5.41) is 10.3. The third-order valence-corrected chi connectivity index (χ3v) is 4.35. The van der Waals surface area contributed by atoms with E-state index in [1.54, 1.807) is 0 Å². The smallest absolute Gasteiger partial charge is 0.0675 e. The summed E-state index contributed by atoms with van der Waals surface area (Å²) in [6.45, 7) is 8.70. The van der Waals surface area contributed by atoms with Gasteiger partial charge in [-0.1, -0.05) is 27.2 Å². The Labute approximate surface area is 76.2 Å². The van der Waals surface area contributed by atoms with Crippen molar-refractivity contribution in [3.63, 3.8) is 0 Å². The van der Waals surface area contributed by atoms with E-state index in [2.05, 4.69) is 20.8 Å². The summed E-state index contributed by atoms with van der Waals surface area (Å²) in [4.78, 5) is 0. The Morgan fingerprint density at radius 2 is 2.00 bits per heavy atom. The van der Waals surface area contributed by atoms with Crippen molar-refractivity contribution in [3.05, 3.63) is 0 Å². The second kappa shape index (κ2) is 3.02. The highest BCUT2D eigenvalue weighted by atomic mass is 16.3. The molecule has 1 heteroatoms. The predicted octanol–water partition coefficient (Wildman–Crippen LogP) is 2.97. The minimum Gasteiger partial charge on any atom is -0.390 e. The second-order valence-corrected chi connectivity index (χ2v) is 4.84. The Morgan fingerprint density at radius 1 is 1.42 bits per heavy atom. The molecular formula is C11H22O. The summed E-state index contributed by atoms with van der Waals surface area (Å²) < 4.78 is 0. The van der Waals surface area contributed by atoms with Crippen molar-refractivity contribution in [2.75, 3.05) is 0 Å². The molecule has 1 fully saturated rings. The largest absolute Gasteiger partial charge is 0.390 e. The summed E-state index contributed by atoms with van der Waals surface area (Å²) >= 11 is 0. The van der Waals surface area contributed by atoms with Gasteiger partial charge >= 0.3 is 0 Å². The molecule has 0 aromatic heterocycles. The van der Waals surface area contributed by atoms with Gasteiger partial charge in [0, 0.05) is 0 Å². The average molecular weight is 170 g/mol. The van der Waals surface area contributed by atoms with Crippen LogP contribution in [0, 0.1) is 11.3 Å². The van der Waals surface area contributed by atoms with Crippen molar-refractivity contribution < 1.29 is 5.11 Å². The van der Waals surface area contributed by atoms with Crippen LogP contribution in [-0.4, -0.2) is 10.7 Å². The van der Waals surface area contributed by atoms with Crippen LogP contribution in [0.3, 0.4) is 0 Å². The molecule has 0 radical (unpaired) electrons. The van der Waals surface area contributed by atoms with Gasteiger partial charge in [-0.2, -0.15) is 0 Å². The maximum Gasteiger partial charge on any atom is 0.0675 e. The van der Waals surface area contributed by atoms with Crippen LogP contribution in [0.2, 0.25) is 0 Å². The van der Waals surface area contributed by atoms with Crippen LogP contribution < -0.4 is 0 Å². The number of hydrogen-bond donors (Lipinski definition) is 1. The molecule has 0 spiro atoms. The number of rotatable bonds is 1. The molecule has 1 aliphatic carbocycles. The maximum absolute atomic E-state index is 10.3. The minimum atomic E-state index is -0.445. The van der Waals surface area contributed by atoms with Crippen molar-refractivity contribution in [1.82, 2.24) is 0 Å². The Kier molecular flexibility index (Phi) is 2.53. The standard InChI is InChI=1S/C11H22O/c1-5-10(3)9(2)7-6-8-11(10,4)12/h9,12H,5-8H2,1-4H3. The lowest BCUT2D eigenvalue weighted by Gasteiger charge is -2.50. The molecule has 0 heterocycles. The molecule has 0 aliphatic heterocycles. The fourth-order valence-corrected chi connectivity index (χ4v) is 2.62. The first-order valence-electron chi connectivity index (χ1n) is 5.16. The van der Waals surface area contributed by atoms with E-state index < -0.39 is 5.60 Å². The van der Waals surface area contributed by atoms with Crippen molar-refractivity contribution in [2.45, 2.75) is 59.0 Å². The van der Waals surface area contributed by atoms with Crippen LogP contribution in [-0.2, 0) is 0 Å². The Bertz CT molecular complexity index is 162. The maximum atomic E-state index is 10.3. The normalized spacial score (nSPS) is 49.2. The van der Waals surface area contributed by atoms with E-state index in [-0.39, 0.29) is 5.41 Å². The Balaban J connectivity index is 2.88. The van der Waals surface area contributed by atoms with E-state index in [1.807, 2.05) is 6.92 Å². The highest BCUT2D eigenvalue weighted by molar-refractivity contribution is 4.98. The van der Waals surface area contributed by atoms with Crippen LogP contribution in [0.5, 0.6) is 0 Å². The lowest BCUT2D eigenvalue weighted by atomic mass is 9.58. The van der Waals surface area contributed by atoms with Crippen molar-refractivity contribution in [2.24, 2.45) is 11.3 Å². The van der Waals surface area contributed by atoms with Gasteiger partial charge < -0.3 is 5.11 Å². The third-order valence-electron chi connectivity index (χ3n) is 4.35. The zero-order valence-electron chi connectivity index (χ0n) is 8.85. The molecule has 3 unspecified atom stereocenters. The average Bonchev–Trinajstić information content (AvgIpc) is 2.00. The monoisotopic (exact) mass is 170 g/mol. The van der Waals surface area contributed by atoms with E-state index in [0.717, 1.165) is 12.8 Å². The summed E-state index contributed by atoms with van der Waals surface area (Å²) in [7, 11) is 0. The lowest BCUT2D eigenvalue weighted by Crippen LogP contribution is -2.50. The Morgan fingerprint density at radius 3 is 2.33 bits per heavy atom. The number of aliphatic hydroxyl groups is 1. The summed E-state index contributed by atoms with van der Waals surface area (Å²) in [5.41, 5.74) is -0.315. The van der Waals surface area contributed by atoms with Crippen molar-refractivity contribution in [1.29, 1.82) is 0 Å². The molecule has 0 aromatic rings. The highest BCUT2D eigenvalue weighted by Gasteiger charge is 2.47. The third kappa shape index (κ3) is 1.28. The van der Waals surface area contributed by atoms with Gasteiger partial charge in [-0.25, -0.2) is 0 Å². The molecule has 1 N–H and O–H groups in total. The Hall–Kier alpha value is -0.0400. The fourth-order valence-electron chi connectivity index (χ4n) is 2.62. The van der Waals surface area contributed by atoms with Gasteiger partial charge in [0.05, 0.1) is 5.60 Å². The van der Waals surface area contributed by atoms with Gasteiger partial charge in [0.1, 0.15) is 0 Å². The van der Waals surface area contributed by atoms with Gasteiger partial charge in [-0.15, -0.1) is 0 Å². The summed E-state index contributed by atoms with van der Waals surface area (Å²) in [5.74, 6) is 0.659. The molecule has 12 heavy (non-hydrogen) atoms. The zero-order valence-corrected chi connectivity index (χ0v) is 8.85. The zero-order chi connectivity index (χ0) is 9.41. The van der Waals surface area contributed by atoms with Crippen LogP contribution in [0.15, 0.2) is 0 Å². The molecule has 0 amide bonds. The van der Waals surface area contributed by atoms with E-state index >= 15 is 0 Å². The first-order valence-corrected chi connectivity index (χ1v) is 5.16. The van der Waals surface area contributed by atoms with Crippen LogP contribution in [0.4, 0.5) is 0 Å². The molecule has 0 saturated heterocycles. The molecule has 1 rings (SSSR count). The van der Waals surface area contributed by atoms with E-state index in [1.165, 1.54) is 12.8 Å². The van der Waals surface area contributed by atoms with Gasteiger partial charge in [-0.05, 0) is 37.5 Å². The van der Waals surface area contributed by atoms with Crippen LogP contribution in [0.25, 0.3) is 0 Å². The van der Waals surface area contributed by atoms with Gasteiger partial charge in [0.25, 0.3) is 0 Å². The molecular weight excluding hydrogens is 148 g/mol. The number of hydrogen-bond acceptors (Lipinski definition) is 1. The topological polar surface area (TPSA) is 20.2 Å². The van der Waals surface area contributed by atoms with Gasteiger partial charge in [0.2, 0.25) is 0 Å². The quantitative estimate of drug-likeness (QED) is 0.641. The van der Waals surface area contributed by atoms with Gasteiger partial charge in [0.15, 0.2) is 0 Å². The molecule has 1 nitrogen and oxygen atoms in total. The first-order chi connectivity index (χ1) is 5.44. The molecule has 0 aromatic carbocycles. The minimum absolute atomic E-state index is 0.130. The van der Waals surface area contributed by atoms with Crippen molar-refractivity contribution in [3.8, 4) is 0 Å². The van der Waals surface area contributed by atoms with Crippen LogP contribution in [0.1, 0.15) is 53.4 Å². The fraction of sp³-hybridized carbons (Fsp3) is 1.00. The summed E-state index contributed by atoms with van der Waals surface area (Å²) in [6, 6.07) is 0. The molecule has 1 saturated carbocycles. The molecule has 1 aliphatic rings. The predicted molar refractivity (Wildman–Crippen MR) is 52.0 cm³/mol. The van der Waals surface area contributed by atoms with E-state index in [0.29, 0.717) is 5.92 Å². The van der Waals surface area contributed by atoms with E-state index in [4.69, 9.17) is 0 Å². The highest BCUT2D eigenvalue weighted by Crippen LogP contribution is 2.49. The molecule has 3 atom stereocenters. The molecule has 72 valence electrons. The first kappa shape index (κ1) is 10.0. The van der Waals surface area contributed by atoms with Crippen LogP contribution >= 0.6 is 0 Å². The lowest BCUT2D eigenvalue weighted by molar-refractivity contribution is -0.121. The SMILES string of the molecule is CCC1(C)C(C)CCCC1(C)O. The molecule has 0 bridgehead atoms. The second-order valence-electron chi connectivity index (χ2n) is 4.84. The van der Waals surface area contributed by atoms with Crippen molar-refractivity contribution >= 4 is 0 Å². The van der Waals surface area contributed by atoms with E-state index in [9.17, 15) is 5.11 Å². The summed E-state index contributed by atoms with van der Waals surface area (Å²) in [6.07, 6.45) is 4.52. The van der Waals surface area contributed by atoms with Gasteiger partial charge in [-0.3, -0.25) is 0 Å².